The van der Waals surface area contributed by atoms with Crippen LogP contribution in [-0.4, -0.2) is 47.4 Å². The summed E-state index contributed by atoms with van der Waals surface area (Å²) in [5.74, 6) is -0.437. The Balaban J connectivity index is 1.90. The fraction of sp³-hybridized carbons (Fsp3) is 0.263. The third kappa shape index (κ3) is 4.02. The molecule has 0 aliphatic heterocycles. The second-order valence-electron chi connectivity index (χ2n) is 7.05. The van der Waals surface area contributed by atoms with Gasteiger partial charge in [0, 0.05) is 37.3 Å². The zero-order chi connectivity index (χ0) is 22.2. The fourth-order valence-electron chi connectivity index (χ4n) is 2.94. The molecule has 2 aromatic carbocycles. The molecule has 158 valence electrons. The Morgan fingerprint density at radius 2 is 1.93 bits per heavy atom. The van der Waals surface area contributed by atoms with Crippen LogP contribution in [-0.2, 0) is 21.4 Å². The van der Waals surface area contributed by atoms with Gasteiger partial charge in [-0.1, -0.05) is 0 Å². The van der Waals surface area contributed by atoms with Gasteiger partial charge in [-0.25, -0.2) is 12.7 Å². The molecule has 0 bridgehead atoms. The SMILES string of the molecule is Cc1cc(S(=O)(=O)N(C)C)cc(NC(=O)Cn2ncc3ccc([N+](=O)[O-])cc32)c1C. The predicted octanol–water partition coefficient (Wildman–Crippen LogP) is 2.45. The Hall–Kier alpha value is -3.31. The molecule has 10 nitrogen and oxygen atoms in total. The minimum Gasteiger partial charge on any atom is -0.324 e. The molecule has 0 radical (unpaired) electrons. The molecule has 3 aromatic rings. The van der Waals surface area contributed by atoms with Crippen molar-refractivity contribution in [2.45, 2.75) is 25.3 Å². The molecule has 0 aliphatic carbocycles. The smallest absolute Gasteiger partial charge is 0.271 e. The van der Waals surface area contributed by atoms with Crippen LogP contribution in [0.4, 0.5) is 11.4 Å². The molecule has 0 unspecified atom stereocenters. The van der Waals surface area contributed by atoms with Crippen molar-refractivity contribution in [1.82, 2.24) is 14.1 Å². The minimum absolute atomic E-state index is 0.0751. The van der Waals surface area contributed by atoms with Crippen molar-refractivity contribution >= 4 is 38.2 Å². The summed E-state index contributed by atoms with van der Waals surface area (Å²) >= 11 is 0. The van der Waals surface area contributed by atoms with Gasteiger partial charge in [0.05, 0.1) is 21.5 Å². The van der Waals surface area contributed by atoms with E-state index in [1.54, 1.807) is 26.0 Å². The average Bonchev–Trinajstić information content (AvgIpc) is 3.06. The summed E-state index contributed by atoms with van der Waals surface area (Å²) < 4.78 is 27.4. The summed E-state index contributed by atoms with van der Waals surface area (Å²) in [6.07, 6.45) is 1.52. The maximum absolute atomic E-state index is 12.6. The summed E-state index contributed by atoms with van der Waals surface area (Å²) in [7, 11) is -0.795. The highest BCUT2D eigenvalue weighted by Crippen LogP contribution is 2.26. The van der Waals surface area contributed by atoms with Crippen LogP contribution < -0.4 is 5.32 Å². The highest BCUT2D eigenvalue weighted by Gasteiger charge is 2.20. The molecule has 0 aliphatic rings. The summed E-state index contributed by atoms with van der Waals surface area (Å²) in [5.41, 5.74) is 2.19. The Labute approximate surface area is 173 Å². The number of carbonyl (C=O) groups excluding carboxylic acids is 1. The van der Waals surface area contributed by atoms with E-state index in [1.165, 1.54) is 43.2 Å². The number of nitrogens with one attached hydrogen (secondary N) is 1. The predicted molar refractivity (Wildman–Crippen MR) is 112 cm³/mol. The van der Waals surface area contributed by atoms with E-state index in [0.29, 0.717) is 22.2 Å². The number of hydrogen-bond donors (Lipinski definition) is 1. The van der Waals surface area contributed by atoms with Gasteiger partial charge in [0.1, 0.15) is 6.54 Å². The van der Waals surface area contributed by atoms with E-state index < -0.39 is 20.9 Å². The maximum atomic E-state index is 12.6. The number of rotatable bonds is 6. The lowest BCUT2D eigenvalue weighted by atomic mass is 10.1. The number of fused-ring (bicyclic) bond motifs is 1. The molecule has 1 amide bonds. The first-order chi connectivity index (χ1) is 14.0. The van der Waals surface area contributed by atoms with E-state index in [4.69, 9.17) is 0 Å². The number of aromatic nitrogens is 2. The summed E-state index contributed by atoms with van der Waals surface area (Å²) in [6.45, 7) is 3.36. The van der Waals surface area contributed by atoms with Crippen molar-refractivity contribution in [2.75, 3.05) is 19.4 Å². The van der Waals surface area contributed by atoms with Gasteiger partial charge >= 0.3 is 0 Å². The lowest BCUT2D eigenvalue weighted by molar-refractivity contribution is -0.384. The van der Waals surface area contributed by atoms with Crippen molar-refractivity contribution < 1.29 is 18.1 Å². The second-order valence-corrected chi connectivity index (χ2v) is 9.20. The molecule has 11 heteroatoms. The summed E-state index contributed by atoms with van der Waals surface area (Å²) in [6, 6.07) is 7.27. The topological polar surface area (TPSA) is 127 Å². The molecule has 0 spiro atoms. The summed E-state index contributed by atoms with van der Waals surface area (Å²) in [4.78, 5) is 23.2. The number of benzene rings is 2. The van der Waals surface area contributed by atoms with Crippen LogP contribution in [0.2, 0.25) is 0 Å². The zero-order valence-electron chi connectivity index (χ0n) is 16.9. The number of nitro groups is 1. The third-order valence-electron chi connectivity index (χ3n) is 4.83. The first-order valence-corrected chi connectivity index (χ1v) is 10.4. The largest absolute Gasteiger partial charge is 0.324 e. The van der Waals surface area contributed by atoms with E-state index in [0.717, 1.165) is 9.87 Å². The van der Waals surface area contributed by atoms with Gasteiger partial charge in [0.25, 0.3) is 5.69 Å². The van der Waals surface area contributed by atoms with E-state index in [1.807, 2.05) is 0 Å². The molecule has 1 aromatic heterocycles. The van der Waals surface area contributed by atoms with Gasteiger partial charge < -0.3 is 5.32 Å². The van der Waals surface area contributed by atoms with Gasteiger partial charge in [-0.05, 0) is 43.2 Å². The Morgan fingerprint density at radius 3 is 2.57 bits per heavy atom. The Bertz CT molecular complexity index is 1260. The number of amides is 1. The van der Waals surface area contributed by atoms with Crippen molar-refractivity contribution in [3.8, 4) is 0 Å². The number of non-ortho nitro benzene ring substituents is 1. The minimum atomic E-state index is -3.67. The average molecular weight is 431 g/mol. The maximum Gasteiger partial charge on any atom is 0.271 e. The second kappa shape index (κ2) is 7.84. The van der Waals surface area contributed by atoms with Crippen molar-refractivity contribution in [1.29, 1.82) is 0 Å². The van der Waals surface area contributed by atoms with E-state index in [2.05, 4.69) is 10.4 Å². The molecule has 1 heterocycles. The lowest BCUT2D eigenvalue weighted by Crippen LogP contribution is -2.23. The van der Waals surface area contributed by atoms with Crippen LogP contribution in [0.5, 0.6) is 0 Å². The Kier molecular flexibility index (Phi) is 5.59. The number of carbonyl (C=O) groups is 1. The monoisotopic (exact) mass is 431 g/mol. The molecular formula is C19H21N5O5S. The van der Waals surface area contributed by atoms with Crippen molar-refractivity contribution in [3.05, 3.63) is 57.8 Å². The normalized spacial score (nSPS) is 11.8. The number of aryl methyl sites for hydroxylation is 1. The van der Waals surface area contributed by atoms with Crippen LogP contribution in [0.15, 0.2) is 41.4 Å². The van der Waals surface area contributed by atoms with E-state index >= 15 is 0 Å². The van der Waals surface area contributed by atoms with Gasteiger partial charge in [-0.2, -0.15) is 5.10 Å². The molecule has 0 saturated carbocycles. The fourth-order valence-corrected chi connectivity index (χ4v) is 3.95. The van der Waals surface area contributed by atoms with Crippen LogP contribution >= 0.6 is 0 Å². The van der Waals surface area contributed by atoms with Crippen LogP contribution in [0.25, 0.3) is 10.9 Å². The first kappa shape index (κ1) is 21.4. The molecule has 30 heavy (non-hydrogen) atoms. The number of sulfonamides is 1. The molecule has 0 fully saturated rings. The lowest BCUT2D eigenvalue weighted by Gasteiger charge is -2.16. The molecule has 0 atom stereocenters. The van der Waals surface area contributed by atoms with E-state index in [-0.39, 0.29) is 17.1 Å². The van der Waals surface area contributed by atoms with Crippen molar-refractivity contribution in [3.63, 3.8) is 0 Å². The van der Waals surface area contributed by atoms with Gasteiger partial charge in [-0.3, -0.25) is 19.6 Å². The van der Waals surface area contributed by atoms with Crippen LogP contribution in [0.1, 0.15) is 11.1 Å². The first-order valence-electron chi connectivity index (χ1n) is 8.94. The third-order valence-corrected chi connectivity index (χ3v) is 6.62. The summed E-state index contributed by atoms with van der Waals surface area (Å²) in [5, 5.41) is 18.5. The number of anilines is 1. The molecule has 0 saturated heterocycles. The quantitative estimate of drug-likeness (QED) is 0.472. The standard InChI is InChI=1S/C19H21N5O5S/c1-12-7-16(30(28,29)22(3)4)9-17(13(12)2)21-19(25)11-23-18-8-15(24(26)27)6-5-14(18)10-20-23/h5-10H,11H2,1-4H3,(H,21,25). The van der Waals surface area contributed by atoms with Gasteiger partial charge in [0.15, 0.2) is 0 Å². The molecule has 1 N–H and O–H groups in total. The van der Waals surface area contributed by atoms with Gasteiger partial charge in [-0.15, -0.1) is 0 Å². The van der Waals surface area contributed by atoms with Gasteiger partial charge in [0.2, 0.25) is 15.9 Å². The molecular weight excluding hydrogens is 410 g/mol. The van der Waals surface area contributed by atoms with Crippen LogP contribution in [0, 0.1) is 24.0 Å². The highest BCUT2D eigenvalue weighted by molar-refractivity contribution is 7.89. The zero-order valence-corrected chi connectivity index (χ0v) is 17.7. The highest BCUT2D eigenvalue weighted by atomic mass is 32.2. The Morgan fingerprint density at radius 1 is 1.23 bits per heavy atom. The van der Waals surface area contributed by atoms with Crippen LogP contribution in [0.3, 0.4) is 0 Å². The number of nitro benzene ring substituents is 1. The van der Waals surface area contributed by atoms with E-state index in [9.17, 15) is 23.3 Å². The number of hydrogen-bond acceptors (Lipinski definition) is 6. The number of nitrogens with zero attached hydrogens (tertiary/aromatic N) is 4. The molecule has 3 rings (SSSR count). The van der Waals surface area contributed by atoms with Crippen molar-refractivity contribution in [2.24, 2.45) is 0 Å².